The number of aliphatic carboxylic acids is 1. The van der Waals surface area contributed by atoms with Gasteiger partial charge in [0.2, 0.25) is 5.91 Å². The van der Waals surface area contributed by atoms with Crippen molar-refractivity contribution in [2.45, 2.75) is 20.4 Å². The second-order valence-electron chi connectivity index (χ2n) is 4.74. The van der Waals surface area contributed by atoms with Gasteiger partial charge in [-0.3, -0.25) is 9.59 Å². The summed E-state index contributed by atoms with van der Waals surface area (Å²) in [5.41, 5.74) is 0.987. The molecule has 18 heavy (non-hydrogen) atoms. The average Bonchev–Trinajstić information content (AvgIpc) is 2.29. The highest BCUT2D eigenvalue weighted by Crippen LogP contribution is 2.15. The van der Waals surface area contributed by atoms with Crippen molar-refractivity contribution in [3.63, 3.8) is 0 Å². The smallest absolute Gasteiger partial charge is 0.316 e. The number of carboxylic acids is 1. The normalized spacial score (nSPS) is 12.2. The van der Waals surface area contributed by atoms with E-state index in [9.17, 15) is 9.59 Å². The fraction of sp³-hybridized carbons (Fsp3) is 0.429. The monoisotopic (exact) mass is 249 g/mol. The lowest BCUT2D eigenvalue weighted by Gasteiger charge is -2.23. The van der Waals surface area contributed by atoms with Crippen molar-refractivity contribution < 1.29 is 14.7 Å². The minimum absolute atomic E-state index is 0.215. The summed E-state index contributed by atoms with van der Waals surface area (Å²) in [4.78, 5) is 24.6. The lowest BCUT2D eigenvalue weighted by molar-refractivity contribution is -0.152. The molecule has 4 nitrogen and oxygen atoms in total. The Morgan fingerprint density at radius 3 is 2.22 bits per heavy atom. The zero-order chi connectivity index (χ0) is 13.7. The van der Waals surface area contributed by atoms with Crippen LogP contribution in [0, 0.1) is 11.8 Å². The van der Waals surface area contributed by atoms with Crippen LogP contribution >= 0.6 is 0 Å². The second-order valence-corrected chi connectivity index (χ2v) is 4.74. The molecule has 0 spiro atoms. The molecule has 0 radical (unpaired) electrons. The fourth-order valence-electron chi connectivity index (χ4n) is 1.85. The van der Waals surface area contributed by atoms with E-state index in [4.69, 9.17) is 5.11 Å². The summed E-state index contributed by atoms with van der Waals surface area (Å²) >= 11 is 0. The van der Waals surface area contributed by atoms with E-state index in [0.29, 0.717) is 6.54 Å². The molecule has 1 rings (SSSR count). The molecule has 0 heterocycles. The topological polar surface area (TPSA) is 57.6 Å². The number of amides is 1. The van der Waals surface area contributed by atoms with Crippen molar-refractivity contribution in [3.05, 3.63) is 35.9 Å². The molecule has 0 fully saturated rings. The molecule has 1 aromatic rings. The number of carboxylic acid groups (broad SMARTS) is 1. The number of nitrogens with zero attached hydrogens (tertiary/aromatic N) is 1. The fourth-order valence-corrected chi connectivity index (χ4v) is 1.85. The largest absolute Gasteiger partial charge is 0.481 e. The summed E-state index contributed by atoms with van der Waals surface area (Å²) in [5.74, 6) is -2.59. The molecule has 4 heteroatoms. The number of benzene rings is 1. The number of hydrogen-bond acceptors (Lipinski definition) is 2. The van der Waals surface area contributed by atoms with Gasteiger partial charge in [-0.25, -0.2) is 0 Å². The quantitative estimate of drug-likeness (QED) is 0.812. The SMILES string of the molecule is CC(C)C(C(=O)O)C(=O)N(C)Cc1ccccc1. The summed E-state index contributed by atoms with van der Waals surface area (Å²) in [5, 5.41) is 9.08. The summed E-state index contributed by atoms with van der Waals surface area (Å²) in [6.45, 7) is 3.91. The molecule has 0 aromatic heterocycles. The van der Waals surface area contributed by atoms with Gasteiger partial charge in [0.1, 0.15) is 5.92 Å². The highest BCUT2D eigenvalue weighted by molar-refractivity contribution is 5.97. The summed E-state index contributed by atoms with van der Waals surface area (Å²) < 4.78 is 0. The van der Waals surface area contributed by atoms with Crippen LogP contribution < -0.4 is 0 Å². The van der Waals surface area contributed by atoms with Gasteiger partial charge in [0.15, 0.2) is 0 Å². The van der Waals surface area contributed by atoms with E-state index in [2.05, 4.69) is 0 Å². The molecular weight excluding hydrogens is 230 g/mol. The molecule has 98 valence electrons. The van der Waals surface area contributed by atoms with Crippen molar-refractivity contribution in [1.29, 1.82) is 0 Å². The summed E-state index contributed by atoms with van der Waals surface area (Å²) in [7, 11) is 1.63. The van der Waals surface area contributed by atoms with Gasteiger partial charge in [-0.05, 0) is 11.5 Å². The molecule has 0 aliphatic rings. The highest BCUT2D eigenvalue weighted by Gasteiger charge is 2.31. The first-order valence-electron chi connectivity index (χ1n) is 5.95. The van der Waals surface area contributed by atoms with E-state index in [1.807, 2.05) is 30.3 Å². The standard InChI is InChI=1S/C14H19NO3/c1-10(2)12(14(17)18)13(16)15(3)9-11-7-5-4-6-8-11/h4-8,10,12H,9H2,1-3H3,(H,17,18). The van der Waals surface area contributed by atoms with Gasteiger partial charge in [-0.1, -0.05) is 44.2 Å². The van der Waals surface area contributed by atoms with Crippen molar-refractivity contribution in [2.24, 2.45) is 11.8 Å². The van der Waals surface area contributed by atoms with Crippen LogP contribution in [0.5, 0.6) is 0 Å². The van der Waals surface area contributed by atoms with Gasteiger partial charge < -0.3 is 10.0 Å². The average molecular weight is 249 g/mol. The molecule has 0 saturated carbocycles. The number of rotatable bonds is 5. The number of carbonyl (C=O) groups excluding carboxylic acids is 1. The Hall–Kier alpha value is -1.84. The third-order valence-electron chi connectivity index (χ3n) is 2.84. The first-order chi connectivity index (χ1) is 8.43. The van der Waals surface area contributed by atoms with Gasteiger partial charge in [-0.2, -0.15) is 0 Å². The Morgan fingerprint density at radius 2 is 1.78 bits per heavy atom. The molecular formula is C14H19NO3. The zero-order valence-electron chi connectivity index (χ0n) is 11.0. The Morgan fingerprint density at radius 1 is 1.22 bits per heavy atom. The molecule has 1 amide bonds. The van der Waals surface area contributed by atoms with E-state index >= 15 is 0 Å². The lowest BCUT2D eigenvalue weighted by atomic mass is 9.94. The van der Waals surface area contributed by atoms with Gasteiger partial charge in [0.25, 0.3) is 0 Å². The maximum absolute atomic E-state index is 12.1. The molecule has 1 aromatic carbocycles. The minimum atomic E-state index is -1.06. The van der Waals surface area contributed by atoms with E-state index in [1.54, 1.807) is 20.9 Å². The third-order valence-corrected chi connectivity index (χ3v) is 2.84. The maximum atomic E-state index is 12.1. The zero-order valence-corrected chi connectivity index (χ0v) is 11.0. The Bertz CT molecular complexity index is 414. The van der Waals surface area contributed by atoms with Crippen LogP contribution in [0.25, 0.3) is 0 Å². The molecule has 0 aliphatic carbocycles. The van der Waals surface area contributed by atoms with Crippen LogP contribution in [0.15, 0.2) is 30.3 Å². The van der Waals surface area contributed by atoms with Crippen molar-refractivity contribution in [1.82, 2.24) is 4.90 Å². The predicted molar refractivity (Wildman–Crippen MR) is 68.9 cm³/mol. The Kier molecular flexibility index (Phi) is 4.89. The molecule has 0 bridgehead atoms. The predicted octanol–water partition coefficient (Wildman–Crippen LogP) is 2.00. The first-order valence-corrected chi connectivity index (χ1v) is 5.95. The number of hydrogen-bond donors (Lipinski definition) is 1. The van der Waals surface area contributed by atoms with Crippen LogP contribution in [-0.2, 0) is 16.1 Å². The van der Waals surface area contributed by atoms with Crippen LogP contribution in [0.4, 0.5) is 0 Å². The highest BCUT2D eigenvalue weighted by atomic mass is 16.4. The summed E-state index contributed by atoms with van der Waals surface area (Å²) in [6, 6.07) is 9.51. The second kappa shape index (κ2) is 6.19. The summed E-state index contributed by atoms with van der Waals surface area (Å²) in [6.07, 6.45) is 0. The van der Waals surface area contributed by atoms with Crippen molar-refractivity contribution >= 4 is 11.9 Å². The van der Waals surface area contributed by atoms with Gasteiger partial charge in [-0.15, -0.1) is 0 Å². The Labute approximate surface area is 107 Å². The first kappa shape index (κ1) is 14.2. The Balaban J connectivity index is 2.74. The lowest BCUT2D eigenvalue weighted by Crippen LogP contribution is -2.39. The van der Waals surface area contributed by atoms with Crippen LogP contribution in [0.1, 0.15) is 19.4 Å². The van der Waals surface area contributed by atoms with Crippen molar-refractivity contribution in [2.75, 3.05) is 7.05 Å². The molecule has 1 atom stereocenters. The molecule has 0 saturated heterocycles. The van der Waals surface area contributed by atoms with Crippen LogP contribution in [0.2, 0.25) is 0 Å². The van der Waals surface area contributed by atoms with Crippen LogP contribution in [0.3, 0.4) is 0 Å². The van der Waals surface area contributed by atoms with E-state index in [0.717, 1.165) is 5.56 Å². The third kappa shape index (κ3) is 3.58. The van der Waals surface area contributed by atoms with Gasteiger partial charge >= 0.3 is 5.97 Å². The van der Waals surface area contributed by atoms with Gasteiger partial charge in [0.05, 0.1) is 0 Å². The van der Waals surface area contributed by atoms with Gasteiger partial charge in [0, 0.05) is 13.6 Å². The van der Waals surface area contributed by atoms with Crippen molar-refractivity contribution in [3.8, 4) is 0 Å². The molecule has 1 unspecified atom stereocenters. The van der Waals surface area contributed by atoms with E-state index < -0.39 is 11.9 Å². The minimum Gasteiger partial charge on any atom is -0.481 e. The van der Waals surface area contributed by atoms with Crippen LogP contribution in [-0.4, -0.2) is 28.9 Å². The number of carbonyl (C=O) groups is 2. The molecule has 0 aliphatic heterocycles. The van der Waals surface area contributed by atoms with E-state index in [1.165, 1.54) is 4.90 Å². The molecule has 1 N–H and O–H groups in total. The maximum Gasteiger partial charge on any atom is 0.316 e. The van der Waals surface area contributed by atoms with E-state index in [-0.39, 0.29) is 11.8 Å².